The topological polar surface area (TPSA) is 58.7 Å². The van der Waals surface area contributed by atoms with E-state index in [1.807, 2.05) is 10.6 Å². The molecule has 0 fully saturated rings. The zero-order valence-electron chi connectivity index (χ0n) is 7.77. The van der Waals surface area contributed by atoms with Crippen molar-refractivity contribution in [2.24, 2.45) is 10.8 Å². The number of carbonyl (C=O) groups excluding carboxylic acids is 1. The van der Waals surface area contributed by atoms with Gasteiger partial charge in [-0.15, -0.1) is 0 Å². The minimum atomic E-state index is -0.230. The van der Waals surface area contributed by atoms with Gasteiger partial charge in [0.05, 0.1) is 11.8 Å². The fourth-order valence-electron chi connectivity index (χ4n) is 1.24. The van der Waals surface area contributed by atoms with Crippen LogP contribution in [0, 0.1) is 0 Å². The van der Waals surface area contributed by atoms with E-state index in [9.17, 15) is 4.79 Å². The molecule has 1 atom stereocenters. The minimum Gasteiger partial charge on any atom is -0.370 e. The summed E-state index contributed by atoms with van der Waals surface area (Å²) in [7, 11) is 0. The van der Waals surface area contributed by atoms with E-state index >= 15 is 0 Å². The molecule has 2 N–H and O–H groups in total. The summed E-state index contributed by atoms with van der Waals surface area (Å²) in [6, 6.07) is 0.344. The molecule has 0 radical (unpaired) electrons. The van der Waals surface area contributed by atoms with Crippen LogP contribution in [-0.4, -0.2) is 28.3 Å². The summed E-state index contributed by atoms with van der Waals surface area (Å²) in [6.45, 7) is 2.10. The molecule has 0 aromatic rings. The Balaban J connectivity index is 2.33. The lowest BCUT2D eigenvalue weighted by Gasteiger charge is -2.22. The largest absolute Gasteiger partial charge is 0.370 e. The Labute approximate surface area is 82.7 Å². The first kappa shape index (κ1) is 10.4. The van der Waals surface area contributed by atoms with Crippen LogP contribution >= 0.6 is 11.9 Å². The van der Waals surface area contributed by atoms with Crippen LogP contribution in [-0.2, 0) is 4.79 Å². The zero-order chi connectivity index (χ0) is 9.68. The fraction of sp³-hybridized carbons (Fsp3) is 0.750. The standard InChI is InChI=1S/C8H15N3OS/c1-2-7(3-4-8(9)12)11-10-5-6-13-11/h5,7H,2-4,6H2,1H3,(H2,9,12). The Bertz CT molecular complexity index is 208. The first-order chi connectivity index (χ1) is 6.24. The molecule has 5 heteroatoms. The molecule has 1 aliphatic rings. The average Bonchev–Trinajstić information content (AvgIpc) is 2.58. The third-order valence-electron chi connectivity index (χ3n) is 1.98. The van der Waals surface area contributed by atoms with Gasteiger partial charge in [0.15, 0.2) is 0 Å². The van der Waals surface area contributed by atoms with E-state index in [1.165, 1.54) is 0 Å². The van der Waals surface area contributed by atoms with Crippen molar-refractivity contribution in [1.82, 2.24) is 4.41 Å². The van der Waals surface area contributed by atoms with E-state index in [0.29, 0.717) is 12.5 Å². The molecule has 0 spiro atoms. The Morgan fingerprint density at radius 1 is 1.85 bits per heavy atom. The molecule has 0 aromatic carbocycles. The van der Waals surface area contributed by atoms with Crippen molar-refractivity contribution in [1.29, 1.82) is 0 Å². The number of hydrazone groups is 1. The molecule has 1 rings (SSSR count). The lowest BCUT2D eigenvalue weighted by atomic mass is 10.1. The predicted molar refractivity (Wildman–Crippen MR) is 55.3 cm³/mol. The fourth-order valence-corrected chi connectivity index (χ4v) is 2.12. The monoisotopic (exact) mass is 201 g/mol. The maximum absolute atomic E-state index is 10.6. The first-order valence-corrected chi connectivity index (χ1v) is 5.41. The molecule has 4 nitrogen and oxygen atoms in total. The summed E-state index contributed by atoms with van der Waals surface area (Å²) < 4.78 is 1.98. The van der Waals surface area contributed by atoms with Crippen LogP contribution in [0.15, 0.2) is 5.10 Å². The number of amides is 1. The smallest absolute Gasteiger partial charge is 0.217 e. The van der Waals surface area contributed by atoms with E-state index in [2.05, 4.69) is 12.0 Å². The summed E-state index contributed by atoms with van der Waals surface area (Å²) in [6.07, 6.45) is 4.14. The number of nitrogens with two attached hydrogens (primary N) is 1. The highest BCUT2D eigenvalue weighted by Gasteiger charge is 2.18. The van der Waals surface area contributed by atoms with Gasteiger partial charge in [-0.3, -0.25) is 4.79 Å². The molecular weight excluding hydrogens is 186 g/mol. The van der Waals surface area contributed by atoms with Gasteiger partial charge in [-0.1, -0.05) is 6.92 Å². The third kappa shape index (κ3) is 3.26. The van der Waals surface area contributed by atoms with Crippen molar-refractivity contribution in [3.63, 3.8) is 0 Å². The van der Waals surface area contributed by atoms with Crippen LogP contribution in [0.25, 0.3) is 0 Å². The van der Waals surface area contributed by atoms with Gasteiger partial charge >= 0.3 is 0 Å². The zero-order valence-corrected chi connectivity index (χ0v) is 8.59. The molecule has 1 heterocycles. The highest BCUT2D eigenvalue weighted by molar-refractivity contribution is 7.97. The van der Waals surface area contributed by atoms with Crippen molar-refractivity contribution >= 4 is 24.1 Å². The van der Waals surface area contributed by atoms with Gasteiger partial charge in [0.25, 0.3) is 0 Å². The number of hydrogen-bond acceptors (Lipinski definition) is 4. The van der Waals surface area contributed by atoms with Crippen molar-refractivity contribution in [2.45, 2.75) is 32.2 Å². The lowest BCUT2D eigenvalue weighted by Crippen LogP contribution is -2.24. The lowest BCUT2D eigenvalue weighted by molar-refractivity contribution is -0.118. The molecular formula is C8H15N3OS. The first-order valence-electron chi connectivity index (χ1n) is 4.47. The number of rotatable bonds is 5. The summed E-state index contributed by atoms with van der Waals surface area (Å²) >= 11 is 1.69. The van der Waals surface area contributed by atoms with E-state index in [1.54, 1.807) is 11.9 Å². The Hall–Kier alpha value is -0.710. The molecule has 74 valence electrons. The van der Waals surface area contributed by atoms with E-state index < -0.39 is 0 Å². The summed E-state index contributed by atoms with van der Waals surface area (Å²) in [5, 5.41) is 4.20. The van der Waals surface area contributed by atoms with E-state index in [4.69, 9.17) is 5.73 Å². The number of carbonyl (C=O) groups is 1. The van der Waals surface area contributed by atoms with E-state index in [-0.39, 0.29) is 5.91 Å². The summed E-state index contributed by atoms with van der Waals surface area (Å²) in [4.78, 5) is 10.6. The Kier molecular flexibility index (Phi) is 4.08. The molecule has 0 aromatic heterocycles. The summed E-state index contributed by atoms with van der Waals surface area (Å²) in [5.74, 6) is 0.708. The van der Waals surface area contributed by atoms with Crippen LogP contribution in [0.3, 0.4) is 0 Å². The van der Waals surface area contributed by atoms with Gasteiger partial charge in [-0.05, 0) is 24.8 Å². The highest BCUT2D eigenvalue weighted by Crippen LogP contribution is 2.23. The van der Waals surface area contributed by atoms with Gasteiger partial charge in [-0.2, -0.15) is 5.10 Å². The normalized spacial score (nSPS) is 17.8. The second-order valence-corrected chi connectivity index (χ2v) is 3.93. The van der Waals surface area contributed by atoms with Crippen molar-refractivity contribution in [2.75, 3.05) is 5.75 Å². The second-order valence-electron chi connectivity index (χ2n) is 2.96. The number of nitrogens with zero attached hydrogens (tertiary/aromatic N) is 2. The Morgan fingerprint density at radius 3 is 3.08 bits per heavy atom. The second kappa shape index (κ2) is 5.11. The molecule has 0 saturated carbocycles. The van der Waals surface area contributed by atoms with Crippen LogP contribution in [0.2, 0.25) is 0 Å². The van der Waals surface area contributed by atoms with Gasteiger partial charge < -0.3 is 5.73 Å². The molecule has 0 aliphatic carbocycles. The van der Waals surface area contributed by atoms with Crippen molar-refractivity contribution in [3.8, 4) is 0 Å². The molecule has 13 heavy (non-hydrogen) atoms. The number of hydrogen-bond donors (Lipinski definition) is 1. The molecule has 0 saturated heterocycles. The predicted octanol–water partition coefficient (Wildman–Crippen LogP) is 0.980. The van der Waals surface area contributed by atoms with Crippen LogP contribution in [0.5, 0.6) is 0 Å². The van der Waals surface area contributed by atoms with E-state index in [0.717, 1.165) is 18.6 Å². The van der Waals surface area contributed by atoms with Crippen LogP contribution in [0.1, 0.15) is 26.2 Å². The quantitative estimate of drug-likeness (QED) is 0.674. The molecule has 1 unspecified atom stereocenters. The molecule has 1 amide bonds. The molecule has 0 bridgehead atoms. The third-order valence-corrected chi connectivity index (χ3v) is 2.94. The number of primary amides is 1. The van der Waals surface area contributed by atoms with Crippen molar-refractivity contribution < 1.29 is 4.79 Å². The SMILES string of the molecule is CCC(CCC(N)=O)N1N=CCS1. The van der Waals surface area contributed by atoms with Gasteiger partial charge in [0, 0.05) is 12.6 Å². The van der Waals surface area contributed by atoms with Crippen LogP contribution in [0.4, 0.5) is 0 Å². The van der Waals surface area contributed by atoms with Gasteiger partial charge in [0.1, 0.15) is 0 Å². The van der Waals surface area contributed by atoms with Crippen molar-refractivity contribution in [3.05, 3.63) is 0 Å². The highest BCUT2D eigenvalue weighted by atomic mass is 32.2. The van der Waals surface area contributed by atoms with Crippen LogP contribution < -0.4 is 5.73 Å². The minimum absolute atomic E-state index is 0.230. The average molecular weight is 201 g/mol. The maximum atomic E-state index is 10.6. The van der Waals surface area contributed by atoms with Gasteiger partial charge in [-0.25, -0.2) is 4.41 Å². The summed E-state index contributed by atoms with van der Waals surface area (Å²) in [5.41, 5.74) is 5.09. The maximum Gasteiger partial charge on any atom is 0.217 e. The van der Waals surface area contributed by atoms with Gasteiger partial charge in [0.2, 0.25) is 5.91 Å². The Morgan fingerprint density at radius 2 is 2.62 bits per heavy atom. The molecule has 1 aliphatic heterocycles.